The van der Waals surface area contributed by atoms with Gasteiger partial charge in [-0.15, -0.1) is 0 Å². The lowest BCUT2D eigenvalue weighted by molar-refractivity contribution is -0.137. The highest BCUT2D eigenvalue weighted by atomic mass is 16.4. The van der Waals surface area contributed by atoms with Crippen LogP contribution in [0.1, 0.15) is 57.8 Å². The van der Waals surface area contributed by atoms with Gasteiger partial charge in [-0.3, -0.25) is 14.9 Å². The first-order valence-corrected chi connectivity index (χ1v) is 7.55. The van der Waals surface area contributed by atoms with E-state index in [1.54, 1.807) is 0 Å². The molecule has 0 saturated heterocycles. The molecule has 1 rings (SSSR count). The Morgan fingerprint density at radius 2 is 1.90 bits per heavy atom. The predicted molar refractivity (Wildman–Crippen MR) is 78.8 cm³/mol. The summed E-state index contributed by atoms with van der Waals surface area (Å²) in [6, 6.07) is -0.477. The molecule has 0 aliphatic heterocycles. The van der Waals surface area contributed by atoms with Crippen LogP contribution in [0, 0.1) is 0 Å². The van der Waals surface area contributed by atoms with Crippen molar-refractivity contribution in [2.75, 3.05) is 6.54 Å². The second-order valence-electron chi connectivity index (χ2n) is 5.26. The van der Waals surface area contributed by atoms with Crippen LogP contribution in [0.4, 0.5) is 4.79 Å². The Bertz CT molecular complexity index is 404. The molecule has 6 nitrogen and oxygen atoms in total. The summed E-state index contributed by atoms with van der Waals surface area (Å²) in [5, 5.41) is 13.4. The molecule has 0 spiro atoms. The van der Waals surface area contributed by atoms with Crippen molar-refractivity contribution in [3.05, 3.63) is 11.6 Å². The molecule has 1 aliphatic rings. The summed E-state index contributed by atoms with van der Waals surface area (Å²) in [5.74, 6) is -1.24. The second kappa shape index (κ2) is 9.96. The average molecular weight is 296 g/mol. The molecular weight excluding hydrogens is 272 g/mol. The Labute approximate surface area is 125 Å². The summed E-state index contributed by atoms with van der Waals surface area (Å²) < 4.78 is 0. The van der Waals surface area contributed by atoms with Gasteiger partial charge in [0.2, 0.25) is 5.91 Å². The van der Waals surface area contributed by atoms with E-state index in [9.17, 15) is 14.4 Å². The molecular formula is C15H24N2O4. The lowest BCUT2D eigenvalue weighted by atomic mass is 9.97. The number of imide groups is 1. The average Bonchev–Trinajstić information content (AvgIpc) is 2.44. The molecule has 0 aromatic rings. The summed E-state index contributed by atoms with van der Waals surface area (Å²) in [6.45, 7) is 0.532. The molecule has 21 heavy (non-hydrogen) atoms. The summed E-state index contributed by atoms with van der Waals surface area (Å²) in [7, 11) is 0. The zero-order valence-corrected chi connectivity index (χ0v) is 12.3. The molecule has 0 unspecified atom stereocenters. The van der Waals surface area contributed by atoms with Crippen LogP contribution in [-0.4, -0.2) is 29.6 Å². The van der Waals surface area contributed by atoms with E-state index >= 15 is 0 Å². The van der Waals surface area contributed by atoms with Gasteiger partial charge in [-0.2, -0.15) is 0 Å². The minimum Gasteiger partial charge on any atom is -0.481 e. The number of hydrogen-bond donors (Lipinski definition) is 3. The minimum absolute atomic E-state index is 0.0502. The molecule has 1 aliphatic carbocycles. The number of aliphatic carboxylic acids is 1. The van der Waals surface area contributed by atoms with Crippen molar-refractivity contribution in [3.8, 4) is 0 Å². The van der Waals surface area contributed by atoms with Gasteiger partial charge in [0.25, 0.3) is 0 Å². The maximum absolute atomic E-state index is 11.5. The Kier molecular flexibility index (Phi) is 8.16. The van der Waals surface area contributed by atoms with Crippen molar-refractivity contribution in [1.82, 2.24) is 10.6 Å². The number of unbranched alkanes of at least 4 members (excludes halogenated alkanes) is 1. The van der Waals surface area contributed by atoms with Crippen LogP contribution in [0.3, 0.4) is 0 Å². The van der Waals surface area contributed by atoms with Gasteiger partial charge in [0.15, 0.2) is 0 Å². The number of carbonyl (C=O) groups is 3. The molecule has 0 heterocycles. The lowest BCUT2D eigenvalue weighted by Gasteiger charge is -2.13. The van der Waals surface area contributed by atoms with Crippen molar-refractivity contribution < 1.29 is 19.5 Å². The van der Waals surface area contributed by atoms with Gasteiger partial charge < -0.3 is 10.4 Å². The van der Waals surface area contributed by atoms with Crippen molar-refractivity contribution in [2.45, 2.75) is 57.8 Å². The van der Waals surface area contributed by atoms with E-state index in [2.05, 4.69) is 16.7 Å². The smallest absolute Gasteiger partial charge is 0.321 e. The zero-order chi connectivity index (χ0) is 15.5. The lowest BCUT2D eigenvalue weighted by Crippen LogP contribution is -2.39. The van der Waals surface area contributed by atoms with E-state index < -0.39 is 12.0 Å². The number of nitrogens with one attached hydrogen (secondary N) is 2. The molecule has 0 radical (unpaired) electrons. The Hall–Kier alpha value is -1.85. The number of carbonyl (C=O) groups excluding carboxylic acids is 2. The predicted octanol–water partition coefficient (Wildman–Crippen LogP) is 2.35. The van der Waals surface area contributed by atoms with E-state index in [1.165, 1.54) is 18.4 Å². The van der Waals surface area contributed by atoms with Gasteiger partial charge in [0, 0.05) is 19.4 Å². The van der Waals surface area contributed by atoms with Gasteiger partial charge >= 0.3 is 12.0 Å². The van der Waals surface area contributed by atoms with Crippen molar-refractivity contribution in [3.63, 3.8) is 0 Å². The normalized spacial score (nSPS) is 14.2. The van der Waals surface area contributed by atoms with Crippen molar-refractivity contribution in [1.29, 1.82) is 0 Å². The fourth-order valence-electron chi connectivity index (χ4n) is 2.26. The van der Waals surface area contributed by atoms with E-state index in [0.29, 0.717) is 19.4 Å². The third-order valence-electron chi connectivity index (χ3n) is 3.41. The highest BCUT2D eigenvalue weighted by Crippen LogP contribution is 2.19. The molecule has 0 fully saturated rings. The summed E-state index contributed by atoms with van der Waals surface area (Å²) in [6.07, 6.45) is 8.89. The Morgan fingerprint density at radius 1 is 1.14 bits per heavy atom. The van der Waals surface area contributed by atoms with E-state index in [-0.39, 0.29) is 18.7 Å². The largest absolute Gasteiger partial charge is 0.481 e. The molecule has 0 aromatic heterocycles. The maximum Gasteiger partial charge on any atom is 0.321 e. The van der Waals surface area contributed by atoms with Gasteiger partial charge in [-0.25, -0.2) is 4.79 Å². The standard InChI is InChI=1S/C15H24N2O4/c18-13(8-4-5-9-14(19)20)17-15(21)16-11-10-12-6-2-1-3-7-12/h6H,1-5,7-11H2,(H,19,20)(H2,16,17,18,21). The third kappa shape index (κ3) is 8.83. The summed E-state index contributed by atoms with van der Waals surface area (Å²) >= 11 is 0. The van der Waals surface area contributed by atoms with Gasteiger partial charge in [-0.1, -0.05) is 11.6 Å². The molecule has 118 valence electrons. The summed E-state index contributed by atoms with van der Waals surface area (Å²) in [4.78, 5) is 33.2. The highest BCUT2D eigenvalue weighted by molar-refractivity contribution is 5.94. The molecule has 0 bridgehead atoms. The van der Waals surface area contributed by atoms with Crippen LogP contribution < -0.4 is 10.6 Å². The summed E-state index contributed by atoms with van der Waals surface area (Å²) in [5.41, 5.74) is 1.38. The first-order valence-electron chi connectivity index (χ1n) is 7.55. The first kappa shape index (κ1) is 17.2. The van der Waals surface area contributed by atoms with Gasteiger partial charge in [-0.05, 0) is 44.9 Å². The quantitative estimate of drug-likeness (QED) is 0.473. The number of amides is 3. The third-order valence-corrected chi connectivity index (χ3v) is 3.41. The van der Waals surface area contributed by atoms with Gasteiger partial charge in [0.05, 0.1) is 0 Å². The minimum atomic E-state index is -0.870. The molecule has 0 saturated carbocycles. The number of rotatable bonds is 8. The number of carboxylic acid groups (broad SMARTS) is 1. The number of urea groups is 1. The van der Waals surface area contributed by atoms with Crippen molar-refractivity contribution in [2.24, 2.45) is 0 Å². The molecule has 0 atom stereocenters. The molecule has 6 heteroatoms. The maximum atomic E-state index is 11.5. The Balaban J connectivity index is 2.05. The van der Waals surface area contributed by atoms with Gasteiger partial charge in [0.1, 0.15) is 0 Å². The monoisotopic (exact) mass is 296 g/mol. The second-order valence-corrected chi connectivity index (χ2v) is 5.26. The van der Waals surface area contributed by atoms with E-state index in [1.807, 2.05) is 0 Å². The zero-order valence-electron chi connectivity index (χ0n) is 12.3. The van der Waals surface area contributed by atoms with Crippen molar-refractivity contribution >= 4 is 17.9 Å². The van der Waals surface area contributed by atoms with Crippen LogP contribution in [0.15, 0.2) is 11.6 Å². The topological polar surface area (TPSA) is 95.5 Å². The fourth-order valence-corrected chi connectivity index (χ4v) is 2.26. The number of carboxylic acids is 1. The van der Waals surface area contributed by atoms with Crippen LogP contribution >= 0.6 is 0 Å². The molecule has 3 N–H and O–H groups in total. The first-order chi connectivity index (χ1) is 10.1. The number of allylic oxidation sites excluding steroid dienone is 1. The fraction of sp³-hybridized carbons (Fsp3) is 0.667. The van der Waals surface area contributed by atoms with Crippen LogP contribution in [-0.2, 0) is 9.59 Å². The molecule has 0 aromatic carbocycles. The number of hydrogen-bond acceptors (Lipinski definition) is 3. The van der Waals surface area contributed by atoms with E-state index in [4.69, 9.17) is 5.11 Å². The highest BCUT2D eigenvalue weighted by Gasteiger charge is 2.08. The van der Waals surface area contributed by atoms with Crippen LogP contribution in [0.25, 0.3) is 0 Å². The van der Waals surface area contributed by atoms with Crippen LogP contribution in [0.2, 0.25) is 0 Å². The SMILES string of the molecule is O=C(O)CCCCC(=O)NC(=O)NCCC1=CCCCC1. The van der Waals surface area contributed by atoms with Crippen LogP contribution in [0.5, 0.6) is 0 Å². The molecule has 3 amide bonds. The Morgan fingerprint density at radius 3 is 2.57 bits per heavy atom. The van der Waals surface area contributed by atoms with E-state index in [0.717, 1.165) is 19.3 Å².